The highest BCUT2D eigenvalue weighted by atomic mass is 32.1. The standard InChI is InChI=1S/C29H28N2S/c1-22-18-20-24(21-19-22)23(2)30-28(32)31-29(25-12-6-3-7-13-25,26-14-8-4-9-15-26)27-16-10-5-11-17-27/h3-21,23H,1-2H3,(H2,30,31,32)/t23-/m1/s1. The van der Waals surface area contributed by atoms with E-state index in [-0.39, 0.29) is 6.04 Å². The predicted molar refractivity (Wildman–Crippen MR) is 138 cm³/mol. The Bertz CT molecular complexity index is 1040. The number of thiocarbonyl (C=S) groups is 1. The predicted octanol–water partition coefficient (Wildman–Crippen LogP) is 6.51. The summed E-state index contributed by atoms with van der Waals surface area (Å²) >= 11 is 5.88. The van der Waals surface area contributed by atoms with E-state index in [4.69, 9.17) is 12.2 Å². The Hall–Kier alpha value is -3.43. The Kier molecular flexibility index (Phi) is 6.67. The molecule has 0 radical (unpaired) electrons. The first-order chi connectivity index (χ1) is 15.6. The fraction of sp³-hybridized carbons (Fsp3) is 0.138. The highest BCUT2D eigenvalue weighted by molar-refractivity contribution is 7.80. The summed E-state index contributed by atoms with van der Waals surface area (Å²) in [5.74, 6) is 0. The molecule has 0 bridgehead atoms. The number of aryl methyl sites for hydroxylation is 1. The monoisotopic (exact) mass is 436 g/mol. The van der Waals surface area contributed by atoms with E-state index in [9.17, 15) is 0 Å². The molecule has 4 aromatic carbocycles. The number of hydrogen-bond acceptors (Lipinski definition) is 1. The lowest BCUT2D eigenvalue weighted by molar-refractivity contribution is 0.557. The molecule has 2 N–H and O–H groups in total. The Morgan fingerprint density at radius 1 is 0.656 bits per heavy atom. The van der Waals surface area contributed by atoms with Gasteiger partial charge in [0.15, 0.2) is 5.11 Å². The molecule has 0 fully saturated rings. The summed E-state index contributed by atoms with van der Waals surface area (Å²) in [4.78, 5) is 0. The summed E-state index contributed by atoms with van der Waals surface area (Å²) in [5.41, 5.74) is 5.21. The van der Waals surface area contributed by atoms with E-state index in [1.54, 1.807) is 0 Å². The SMILES string of the molecule is Cc1ccc([C@@H](C)NC(=S)NC(c2ccccc2)(c2ccccc2)c2ccccc2)cc1. The van der Waals surface area contributed by atoms with E-state index in [1.807, 2.05) is 18.2 Å². The fourth-order valence-corrected chi connectivity index (χ4v) is 4.45. The number of rotatable bonds is 6. The molecule has 0 saturated heterocycles. The third-order valence-corrected chi connectivity index (χ3v) is 6.07. The quantitative estimate of drug-likeness (QED) is 0.266. The molecule has 0 heterocycles. The van der Waals surface area contributed by atoms with Gasteiger partial charge >= 0.3 is 0 Å². The van der Waals surface area contributed by atoms with E-state index in [2.05, 4.69) is 122 Å². The summed E-state index contributed by atoms with van der Waals surface area (Å²) in [6.45, 7) is 4.23. The molecule has 0 saturated carbocycles. The molecule has 0 aliphatic heterocycles. The molecule has 0 aliphatic carbocycles. The van der Waals surface area contributed by atoms with Gasteiger partial charge in [0.2, 0.25) is 0 Å². The van der Waals surface area contributed by atoms with Crippen molar-refractivity contribution < 1.29 is 0 Å². The van der Waals surface area contributed by atoms with Crippen LogP contribution in [-0.2, 0) is 5.54 Å². The molecule has 3 heteroatoms. The largest absolute Gasteiger partial charge is 0.356 e. The van der Waals surface area contributed by atoms with Crippen LogP contribution in [0.25, 0.3) is 0 Å². The number of benzene rings is 4. The van der Waals surface area contributed by atoms with Crippen LogP contribution in [0, 0.1) is 6.92 Å². The second kappa shape index (κ2) is 9.80. The van der Waals surface area contributed by atoms with Crippen LogP contribution in [0.15, 0.2) is 115 Å². The van der Waals surface area contributed by atoms with Crippen molar-refractivity contribution in [1.29, 1.82) is 0 Å². The Morgan fingerprint density at radius 3 is 1.47 bits per heavy atom. The minimum Gasteiger partial charge on any atom is -0.356 e. The maximum absolute atomic E-state index is 5.88. The molecule has 2 nitrogen and oxygen atoms in total. The average Bonchev–Trinajstić information content (AvgIpc) is 2.84. The zero-order chi connectivity index (χ0) is 22.4. The first kappa shape index (κ1) is 21.8. The Balaban J connectivity index is 1.75. The lowest BCUT2D eigenvalue weighted by atomic mass is 9.77. The van der Waals surface area contributed by atoms with E-state index in [0.717, 1.165) is 16.7 Å². The van der Waals surface area contributed by atoms with Crippen molar-refractivity contribution in [2.24, 2.45) is 0 Å². The van der Waals surface area contributed by atoms with Gasteiger partial charge in [-0.1, -0.05) is 121 Å². The molecule has 0 spiro atoms. The lowest BCUT2D eigenvalue weighted by Gasteiger charge is -2.38. The normalized spacial score (nSPS) is 12.1. The summed E-state index contributed by atoms with van der Waals surface area (Å²) < 4.78 is 0. The minimum absolute atomic E-state index is 0.0793. The minimum atomic E-state index is -0.624. The summed E-state index contributed by atoms with van der Waals surface area (Å²) in [7, 11) is 0. The van der Waals surface area contributed by atoms with Crippen molar-refractivity contribution in [3.05, 3.63) is 143 Å². The topological polar surface area (TPSA) is 24.1 Å². The summed E-state index contributed by atoms with van der Waals surface area (Å²) in [6, 6.07) is 40.1. The highest BCUT2D eigenvalue weighted by Crippen LogP contribution is 2.36. The molecule has 0 unspecified atom stereocenters. The van der Waals surface area contributed by atoms with Crippen LogP contribution in [0.2, 0.25) is 0 Å². The van der Waals surface area contributed by atoms with Crippen molar-refractivity contribution in [1.82, 2.24) is 10.6 Å². The van der Waals surface area contributed by atoms with Gasteiger partial charge < -0.3 is 10.6 Å². The maximum atomic E-state index is 5.88. The zero-order valence-electron chi connectivity index (χ0n) is 18.5. The van der Waals surface area contributed by atoms with Crippen molar-refractivity contribution >= 4 is 17.3 Å². The highest BCUT2D eigenvalue weighted by Gasteiger charge is 2.37. The van der Waals surface area contributed by atoms with E-state index in [0.29, 0.717) is 5.11 Å². The molecule has 0 aliphatic rings. The zero-order valence-corrected chi connectivity index (χ0v) is 19.3. The lowest BCUT2D eigenvalue weighted by Crippen LogP contribution is -2.51. The summed E-state index contributed by atoms with van der Waals surface area (Å²) in [5, 5.41) is 7.82. The van der Waals surface area contributed by atoms with Gasteiger partial charge in [-0.15, -0.1) is 0 Å². The first-order valence-electron chi connectivity index (χ1n) is 10.9. The van der Waals surface area contributed by atoms with Gasteiger partial charge in [-0.05, 0) is 48.3 Å². The molecular formula is C29H28N2S. The van der Waals surface area contributed by atoms with Gasteiger partial charge in [0.05, 0.1) is 6.04 Å². The number of hydrogen-bond donors (Lipinski definition) is 2. The van der Waals surface area contributed by atoms with Crippen LogP contribution in [-0.4, -0.2) is 5.11 Å². The van der Waals surface area contributed by atoms with Crippen LogP contribution in [0.4, 0.5) is 0 Å². The smallest absolute Gasteiger partial charge is 0.168 e. The van der Waals surface area contributed by atoms with Gasteiger partial charge in [0, 0.05) is 0 Å². The van der Waals surface area contributed by atoms with Crippen molar-refractivity contribution in [2.45, 2.75) is 25.4 Å². The fourth-order valence-electron chi connectivity index (χ4n) is 4.12. The maximum Gasteiger partial charge on any atom is 0.168 e. The van der Waals surface area contributed by atoms with Gasteiger partial charge in [0.1, 0.15) is 5.54 Å². The van der Waals surface area contributed by atoms with E-state index < -0.39 is 5.54 Å². The van der Waals surface area contributed by atoms with Crippen LogP contribution in [0.3, 0.4) is 0 Å². The third kappa shape index (κ3) is 4.58. The molecular weight excluding hydrogens is 408 g/mol. The number of nitrogens with one attached hydrogen (secondary N) is 2. The molecule has 4 aromatic rings. The van der Waals surface area contributed by atoms with Gasteiger partial charge in [-0.3, -0.25) is 0 Å². The molecule has 32 heavy (non-hydrogen) atoms. The van der Waals surface area contributed by atoms with Crippen molar-refractivity contribution in [2.75, 3.05) is 0 Å². The van der Waals surface area contributed by atoms with E-state index >= 15 is 0 Å². The Morgan fingerprint density at radius 2 is 1.06 bits per heavy atom. The third-order valence-electron chi connectivity index (χ3n) is 5.85. The molecule has 0 aromatic heterocycles. The van der Waals surface area contributed by atoms with Crippen molar-refractivity contribution in [3.8, 4) is 0 Å². The van der Waals surface area contributed by atoms with Gasteiger partial charge in [-0.25, -0.2) is 0 Å². The molecule has 1 atom stereocenters. The van der Waals surface area contributed by atoms with Crippen LogP contribution < -0.4 is 10.6 Å². The second-order valence-electron chi connectivity index (χ2n) is 8.08. The van der Waals surface area contributed by atoms with Gasteiger partial charge in [0.25, 0.3) is 0 Å². The van der Waals surface area contributed by atoms with Gasteiger partial charge in [-0.2, -0.15) is 0 Å². The first-order valence-corrected chi connectivity index (χ1v) is 11.3. The summed E-state index contributed by atoms with van der Waals surface area (Å²) in [6.07, 6.45) is 0. The molecule has 160 valence electrons. The molecule has 0 amide bonds. The van der Waals surface area contributed by atoms with Crippen LogP contribution in [0.1, 0.15) is 40.8 Å². The van der Waals surface area contributed by atoms with Crippen LogP contribution in [0.5, 0.6) is 0 Å². The van der Waals surface area contributed by atoms with Crippen molar-refractivity contribution in [3.63, 3.8) is 0 Å². The molecule has 4 rings (SSSR count). The second-order valence-corrected chi connectivity index (χ2v) is 8.49. The average molecular weight is 437 g/mol. The van der Waals surface area contributed by atoms with E-state index in [1.165, 1.54) is 11.1 Å². The Labute approximate surface area is 196 Å². The van der Waals surface area contributed by atoms with Crippen LogP contribution >= 0.6 is 12.2 Å².